The minimum absolute atomic E-state index is 0.238. The van der Waals surface area contributed by atoms with Crippen LogP contribution in [0.25, 0.3) is 10.8 Å². The van der Waals surface area contributed by atoms with Crippen molar-refractivity contribution in [3.05, 3.63) is 42.2 Å². The number of rotatable bonds is 4. The van der Waals surface area contributed by atoms with E-state index in [0.29, 0.717) is 0 Å². The molecule has 110 valence electrons. The Morgan fingerprint density at radius 3 is 2.95 bits per heavy atom. The molecular formula is C18H23N3. The smallest absolute Gasteiger partial charge is 0.0469 e. The Kier molecular flexibility index (Phi) is 3.40. The summed E-state index contributed by atoms with van der Waals surface area (Å²) in [5.74, 6) is 8.68. The van der Waals surface area contributed by atoms with Crippen LogP contribution in [0, 0.1) is 17.8 Å². The Hall–Kier alpha value is -1.45. The molecule has 21 heavy (non-hydrogen) atoms. The Bertz CT molecular complexity index is 634. The second-order valence-corrected chi connectivity index (χ2v) is 6.83. The first-order valence-electron chi connectivity index (χ1n) is 8.14. The van der Waals surface area contributed by atoms with Crippen molar-refractivity contribution in [1.82, 2.24) is 10.4 Å². The molecular weight excluding hydrogens is 258 g/mol. The average molecular weight is 281 g/mol. The first-order valence-corrected chi connectivity index (χ1v) is 8.14. The molecule has 1 heterocycles. The van der Waals surface area contributed by atoms with Crippen molar-refractivity contribution in [3.8, 4) is 0 Å². The summed E-state index contributed by atoms with van der Waals surface area (Å²) in [5, 5.41) is 2.47. The fourth-order valence-electron chi connectivity index (χ4n) is 4.69. The van der Waals surface area contributed by atoms with E-state index in [2.05, 4.69) is 34.7 Å². The molecule has 2 aliphatic carbocycles. The Balaban J connectivity index is 1.62. The van der Waals surface area contributed by atoms with Gasteiger partial charge in [0.2, 0.25) is 0 Å². The number of fused-ring (bicyclic) bond motifs is 3. The van der Waals surface area contributed by atoms with Crippen LogP contribution in [0.4, 0.5) is 0 Å². The molecule has 2 aromatic rings. The van der Waals surface area contributed by atoms with Crippen molar-refractivity contribution in [2.24, 2.45) is 23.6 Å². The van der Waals surface area contributed by atoms with Crippen molar-refractivity contribution in [1.29, 1.82) is 0 Å². The van der Waals surface area contributed by atoms with Crippen LogP contribution in [0.5, 0.6) is 0 Å². The lowest BCUT2D eigenvalue weighted by molar-refractivity contribution is 0.280. The average Bonchev–Trinajstić information content (AvgIpc) is 3.15. The number of pyridine rings is 1. The van der Waals surface area contributed by atoms with Gasteiger partial charge in [-0.25, -0.2) is 0 Å². The zero-order chi connectivity index (χ0) is 14.2. The number of hydrogen-bond acceptors (Lipinski definition) is 3. The predicted octanol–water partition coefficient (Wildman–Crippen LogP) is 3.57. The molecule has 0 aliphatic heterocycles. The highest BCUT2D eigenvalue weighted by atomic mass is 15.2. The van der Waals surface area contributed by atoms with E-state index in [4.69, 9.17) is 5.84 Å². The molecule has 2 saturated carbocycles. The van der Waals surface area contributed by atoms with Crippen LogP contribution >= 0.6 is 0 Å². The van der Waals surface area contributed by atoms with Crippen LogP contribution in [-0.4, -0.2) is 4.98 Å². The molecule has 4 rings (SSSR count). The molecule has 3 heteroatoms. The molecule has 3 nitrogen and oxygen atoms in total. The summed E-state index contributed by atoms with van der Waals surface area (Å²) in [4.78, 5) is 4.29. The van der Waals surface area contributed by atoms with Gasteiger partial charge in [-0.15, -0.1) is 0 Å². The zero-order valence-electron chi connectivity index (χ0n) is 12.3. The third-order valence-corrected chi connectivity index (χ3v) is 5.72. The lowest BCUT2D eigenvalue weighted by atomic mass is 9.82. The predicted molar refractivity (Wildman–Crippen MR) is 85.4 cm³/mol. The maximum Gasteiger partial charge on any atom is 0.0469 e. The summed E-state index contributed by atoms with van der Waals surface area (Å²) < 4.78 is 0. The Morgan fingerprint density at radius 1 is 1.24 bits per heavy atom. The molecule has 2 aliphatic rings. The Morgan fingerprint density at radius 2 is 2.19 bits per heavy atom. The standard InChI is InChI=1S/C18H23N3/c19-21-18(10-15-9-12-4-5-14(15)8-12)16-3-1-2-13-6-7-20-11-17(13)16/h1-3,6-7,11-12,14-15,18,21H,4-5,8-10,19H2. The van der Waals surface area contributed by atoms with Gasteiger partial charge in [0, 0.05) is 23.8 Å². The number of hydrazine groups is 1. The molecule has 3 N–H and O–H groups in total. The molecule has 0 radical (unpaired) electrons. The van der Waals surface area contributed by atoms with Crippen LogP contribution in [0.2, 0.25) is 0 Å². The van der Waals surface area contributed by atoms with Crippen molar-refractivity contribution >= 4 is 10.8 Å². The molecule has 1 aromatic heterocycles. The highest BCUT2D eigenvalue weighted by molar-refractivity contribution is 5.85. The summed E-state index contributed by atoms with van der Waals surface area (Å²) in [6, 6.07) is 8.78. The highest BCUT2D eigenvalue weighted by Gasteiger charge is 2.40. The molecule has 4 atom stereocenters. The molecule has 0 saturated heterocycles. The Labute approximate surface area is 125 Å². The second-order valence-electron chi connectivity index (χ2n) is 6.83. The third kappa shape index (κ3) is 2.34. The summed E-state index contributed by atoms with van der Waals surface area (Å²) in [6.45, 7) is 0. The van der Waals surface area contributed by atoms with Gasteiger partial charge >= 0.3 is 0 Å². The van der Waals surface area contributed by atoms with Crippen molar-refractivity contribution in [2.75, 3.05) is 0 Å². The minimum atomic E-state index is 0.238. The first-order chi connectivity index (χ1) is 10.3. The number of aromatic nitrogens is 1. The van der Waals surface area contributed by atoms with Crippen molar-refractivity contribution < 1.29 is 0 Å². The van der Waals surface area contributed by atoms with Crippen LogP contribution < -0.4 is 11.3 Å². The monoisotopic (exact) mass is 281 g/mol. The summed E-state index contributed by atoms with van der Waals surface area (Å²) >= 11 is 0. The van der Waals surface area contributed by atoms with Crippen molar-refractivity contribution in [3.63, 3.8) is 0 Å². The van der Waals surface area contributed by atoms with E-state index in [0.717, 1.165) is 24.2 Å². The summed E-state index contributed by atoms with van der Waals surface area (Å²) in [6.07, 6.45) is 10.7. The van der Waals surface area contributed by atoms with Gasteiger partial charge < -0.3 is 0 Å². The number of nitrogens with zero attached hydrogens (tertiary/aromatic N) is 1. The molecule has 2 fully saturated rings. The zero-order valence-corrected chi connectivity index (χ0v) is 12.3. The topological polar surface area (TPSA) is 50.9 Å². The number of hydrogen-bond donors (Lipinski definition) is 2. The van der Waals surface area contributed by atoms with E-state index in [-0.39, 0.29) is 6.04 Å². The quantitative estimate of drug-likeness (QED) is 0.665. The third-order valence-electron chi connectivity index (χ3n) is 5.72. The number of nitrogens with two attached hydrogens (primary N) is 1. The van der Waals surface area contributed by atoms with E-state index in [1.807, 2.05) is 12.4 Å². The molecule has 0 amide bonds. The molecule has 4 unspecified atom stereocenters. The van der Waals surface area contributed by atoms with Gasteiger partial charge in [-0.05, 0) is 60.5 Å². The molecule has 1 aromatic carbocycles. The van der Waals surface area contributed by atoms with E-state index in [9.17, 15) is 0 Å². The van der Waals surface area contributed by atoms with Crippen LogP contribution in [0.1, 0.15) is 43.7 Å². The van der Waals surface area contributed by atoms with Gasteiger partial charge in [0.1, 0.15) is 0 Å². The minimum Gasteiger partial charge on any atom is -0.271 e. The fraction of sp³-hybridized carbons (Fsp3) is 0.500. The van der Waals surface area contributed by atoms with Crippen LogP contribution in [0.15, 0.2) is 36.7 Å². The maximum atomic E-state index is 5.90. The molecule has 2 bridgehead atoms. The van der Waals surface area contributed by atoms with E-state index in [1.165, 1.54) is 42.0 Å². The normalized spacial score (nSPS) is 29.1. The second kappa shape index (κ2) is 5.39. The molecule has 0 spiro atoms. The van der Waals surface area contributed by atoms with Gasteiger partial charge in [0.15, 0.2) is 0 Å². The van der Waals surface area contributed by atoms with E-state index in [1.54, 1.807) is 0 Å². The van der Waals surface area contributed by atoms with Crippen LogP contribution in [-0.2, 0) is 0 Å². The number of nitrogens with one attached hydrogen (secondary N) is 1. The van der Waals surface area contributed by atoms with Gasteiger partial charge in [0.05, 0.1) is 0 Å². The first kappa shape index (κ1) is 13.2. The number of benzene rings is 1. The van der Waals surface area contributed by atoms with Crippen LogP contribution in [0.3, 0.4) is 0 Å². The SMILES string of the molecule is NNC(CC1CC2CCC1C2)c1cccc2ccncc12. The maximum absolute atomic E-state index is 5.90. The summed E-state index contributed by atoms with van der Waals surface area (Å²) in [5.41, 5.74) is 4.37. The van der Waals surface area contributed by atoms with E-state index < -0.39 is 0 Å². The van der Waals surface area contributed by atoms with E-state index >= 15 is 0 Å². The van der Waals surface area contributed by atoms with Crippen molar-refractivity contribution in [2.45, 2.75) is 38.1 Å². The highest BCUT2D eigenvalue weighted by Crippen LogP contribution is 2.51. The summed E-state index contributed by atoms with van der Waals surface area (Å²) in [7, 11) is 0. The van der Waals surface area contributed by atoms with Gasteiger partial charge in [-0.3, -0.25) is 16.3 Å². The largest absolute Gasteiger partial charge is 0.271 e. The fourth-order valence-corrected chi connectivity index (χ4v) is 4.69. The van der Waals surface area contributed by atoms with Gasteiger partial charge in [0.25, 0.3) is 0 Å². The van der Waals surface area contributed by atoms with Gasteiger partial charge in [-0.1, -0.05) is 24.6 Å². The lowest BCUT2D eigenvalue weighted by Gasteiger charge is -2.27. The van der Waals surface area contributed by atoms with Gasteiger partial charge in [-0.2, -0.15) is 0 Å². The lowest BCUT2D eigenvalue weighted by Crippen LogP contribution is -2.31.